The van der Waals surface area contributed by atoms with Gasteiger partial charge in [-0.1, -0.05) is 24.3 Å². The lowest BCUT2D eigenvalue weighted by Gasteiger charge is -2.11. The van der Waals surface area contributed by atoms with E-state index in [1.807, 2.05) is 49.6 Å². The SMILES string of the molecule is CCn1c(C(=O)Nc2cc([N+](=O)[O-])ccc2C)c(C)c2ccccc21. The van der Waals surface area contributed by atoms with E-state index in [0.29, 0.717) is 17.9 Å². The minimum absolute atomic E-state index is 0.0475. The molecule has 0 unspecified atom stereocenters. The molecule has 1 amide bonds. The molecule has 1 aromatic heterocycles. The molecule has 3 rings (SSSR count). The summed E-state index contributed by atoms with van der Waals surface area (Å²) in [4.78, 5) is 23.4. The summed E-state index contributed by atoms with van der Waals surface area (Å²) in [5.41, 5.74) is 3.66. The van der Waals surface area contributed by atoms with Crippen LogP contribution in [0.15, 0.2) is 42.5 Å². The van der Waals surface area contributed by atoms with Gasteiger partial charge in [-0.25, -0.2) is 0 Å². The topological polar surface area (TPSA) is 77.2 Å². The number of carbonyl (C=O) groups is 1. The number of aryl methyl sites for hydroxylation is 3. The minimum atomic E-state index is -0.469. The van der Waals surface area contributed by atoms with Crippen LogP contribution in [0.1, 0.15) is 28.5 Å². The number of nitro benzene ring substituents is 1. The van der Waals surface area contributed by atoms with Crippen molar-refractivity contribution >= 4 is 28.2 Å². The minimum Gasteiger partial charge on any atom is -0.337 e. The Labute approximate surface area is 145 Å². The zero-order valence-electron chi connectivity index (χ0n) is 14.4. The van der Waals surface area contributed by atoms with Crippen molar-refractivity contribution in [2.75, 3.05) is 5.32 Å². The van der Waals surface area contributed by atoms with E-state index in [-0.39, 0.29) is 11.6 Å². The van der Waals surface area contributed by atoms with Crippen molar-refractivity contribution < 1.29 is 9.72 Å². The predicted octanol–water partition coefficient (Wildman–Crippen LogP) is 4.44. The number of hydrogen-bond acceptors (Lipinski definition) is 3. The zero-order valence-corrected chi connectivity index (χ0v) is 14.4. The van der Waals surface area contributed by atoms with Crippen LogP contribution < -0.4 is 5.32 Å². The molecule has 0 spiro atoms. The first kappa shape index (κ1) is 16.7. The van der Waals surface area contributed by atoms with Gasteiger partial charge in [0.05, 0.1) is 10.6 Å². The van der Waals surface area contributed by atoms with Crippen LogP contribution >= 0.6 is 0 Å². The number of benzene rings is 2. The first-order chi connectivity index (χ1) is 11.9. The maximum absolute atomic E-state index is 12.9. The van der Waals surface area contributed by atoms with Crippen LogP contribution in [-0.2, 0) is 6.54 Å². The summed E-state index contributed by atoms with van der Waals surface area (Å²) in [6, 6.07) is 12.3. The molecule has 3 aromatic rings. The average Bonchev–Trinajstić information content (AvgIpc) is 2.89. The number of carbonyl (C=O) groups excluding carboxylic acids is 1. The molecule has 0 saturated heterocycles. The van der Waals surface area contributed by atoms with Gasteiger partial charge in [-0.05, 0) is 38.0 Å². The Bertz CT molecular complexity index is 989. The van der Waals surface area contributed by atoms with Crippen LogP contribution in [0, 0.1) is 24.0 Å². The second-order valence-corrected chi connectivity index (χ2v) is 5.95. The summed E-state index contributed by atoms with van der Waals surface area (Å²) < 4.78 is 1.96. The highest BCUT2D eigenvalue weighted by Crippen LogP contribution is 2.28. The Hall–Kier alpha value is -3.15. The Balaban J connectivity index is 2.05. The van der Waals surface area contributed by atoms with E-state index in [4.69, 9.17) is 0 Å². The van der Waals surface area contributed by atoms with Crippen molar-refractivity contribution in [2.45, 2.75) is 27.3 Å². The summed E-state index contributed by atoms with van der Waals surface area (Å²) in [7, 11) is 0. The predicted molar refractivity (Wildman–Crippen MR) is 98.1 cm³/mol. The fourth-order valence-corrected chi connectivity index (χ4v) is 3.14. The standard InChI is InChI=1S/C19H19N3O3/c1-4-21-17-8-6-5-7-15(17)13(3)18(21)19(23)20-16-11-14(22(24)25)10-9-12(16)2/h5-11H,4H2,1-3H3,(H,20,23). The number of aromatic nitrogens is 1. The fraction of sp³-hybridized carbons (Fsp3) is 0.211. The molecule has 1 N–H and O–H groups in total. The Morgan fingerprint density at radius 2 is 1.92 bits per heavy atom. The van der Waals surface area contributed by atoms with E-state index < -0.39 is 4.92 Å². The van der Waals surface area contributed by atoms with Crippen LogP contribution in [0.3, 0.4) is 0 Å². The lowest BCUT2D eigenvalue weighted by Crippen LogP contribution is -2.18. The molecule has 0 fully saturated rings. The van der Waals surface area contributed by atoms with E-state index in [2.05, 4.69) is 5.32 Å². The molecule has 6 nitrogen and oxygen atoms in total. The van der Waals surface area contributed by atoms with Gasteiger partial charge in [-0.2, -0.15) is 0 Å². The quantitative estimate of drug-likeness (QED) is 0.565. The highest BCUT2D eigenvalue weighted by molar-refractivity contribution is 6.08. The number of anilines is 1. The van der Waals surface area contributed by atoms with Crippen LogP contribution in [-0.4, -0.2) is 15.4 Å². The summed E-state index contributed by atoms with van der Waals surface area (Å²) in [6.45, 7) is 6.37. The van der Waals surface area contributed by atoms with Crippen LogP contribution in [0.5, 0.6) is 0 Å². The number of hydrogen-bond donors (Lipinski definition) is 1. The molecule has 0 atom stereocenters. The summed E-state index contributed by atoms with van der Waals surface area (Å²) >= 11 is 0. The van der Waals surface area contributed by atoms with Gasteiger partial charge in [0.15, 0.2) is 0 Å². The summed E-state index contributed by atoms with van der Waals surface area (Å²) in [6.07, 6.45) is 0. The van der Waals surface area contributed by atoms with Gasteiger partial charge in [-0.15, -0.1) is 0 Å². The molecule has 25 heavy (non-hydrogen) atoms. The third kappa shape index (κ3) is 2.87. The number of para-hydroxylation sites is 1. The molecular weight excluding hydrogens is 318 g/mol. The highest BCUT2D eigenvalue weighted by atomic mass is 16.6. The maximum Gasteiger partial charge on any atom is 0.272 e. The lowest BCUT2D eigenvalue weighted by atomic mass is 10.1. The van der Waals surface area contributed by atoms with Crippen molar-refractivity contribution in [2.24, 2.45) is 0 Å². The van der Waals surface area contributed by atoms with E-state index >= 15 is 0 Å². The second-order valence-electron chi connectivity index (χ2n) is 5.95. The Morgan fingerprint density at radius 1 is 1.20 bits per heavy atom. The monoisotopic (exact) mass is 337 g/mol. The van der Waals surface area contributed by atoms with E-state index in [9.17, 15) is 14.9 Å². The second kappa shape index (κ2) is 6.39. The smallest absolute Gasteiger partial charge is 0.272 e. The number of nitro groups is 1. The fourth-order valence-electron chi connectivity index (χ4n) is 3.14. The van der Waals surface area contributed by atoms with E-state index in [1.54, 1.807) is 6.07 Å². The van der Waals surface area contributed by atoms with Crippen molar-refractivity contribution in [1.29, 1.82) is 0 Å². The molecule has 0 aliphatic heterocycles. The number of amides is 1. The molecule has 0 bridgehead atoms. The molecule has 6 heteroatoms. The van der Waals surface area contributed by atoms with Gasteiger partial charge in [0.1, 0.15) is 5.69 Å². The Morgan fingerprint density at radius 3 is 2.60 bits per heavy atom. The van der Waals surface area contributed by atoms with Gasteiger partial charge in [0.25, 0.3) is 11.6 Å². The molecule has 1 heterocycles. The maximum atomic E-state index is 12.9. The van der Waals surface area contributed by atoms with Gasteiger partial charge in [0, 0.05) is 29.6 Å². The number of fused-ring (bicyclic) bond motifs is 1. The summed E-state index contributed by atoms with van der Waals surface area (Å²) in [5.74, 6) is -0.265. The zero-order chi connectivity index (χ0) is 18.1. The third-order valence-corrected chi connectivity index (χ3v) is 4.44. The van der Waals surface area contributed by atoms with Crippen molar-refractivity contribution in [3.05, 3.63) is 69.4 Å². The van der Waals surface area contributed by atoms with Crippen molar-refractivity contribution in [3.63, 3.8) is 0 Å². The van der Waals surface area contributed by atoms with Gasteiger partial charge in [-0.3, -0.25) is 14.9 Å². The largest absolute Gasteiger partial charge is 0.337 e. The van der Waals surface area contributed by atoms with Gasteiger partial charge >= 0.3 is 0 Å². The number of nitrogens with zero attached hydrogens (tertiary/aromatic N) is 2. The first-order valence-corrected chi connectivity index (χ1v) is 8.08. The third-order valence-electron chi connectivity index (χ3n) is 4.44. The van der Waals surface area contributed by atoms with Crippen LogP contribution in [0.2, 0.25) is 0 Å². The first-order valence-electron chi connectivity index (χ1n) is 8.08. The number of non-ortho nitro benzene ring substituents is 1. The average molecular weight is 337 g/mol. The molecule has 0 radical (unpaired) electrons. The molecular formula is C19H19N3O3. The van der Waals surface area contributed by atoms with E-state index in [1.165, 1.54) is 12.1 Å². The van der Waals surface area contributed by atoms with Crippen molar-refractivity contribution in [1.82, 2.24) is 4.57 Å². The van der Waals surface area contributed by atoms with Crippen LogP contribution in [0.4, 0.5) is 11.4 Å². The molecule has 0 saturated carbocycles. The van der Waals surface area contributed by atoms with Crippen molar-refractivity contribution in [3.8, 4) is 0 Å². The highest BCUT2D eigenvalue weighted by Gasteiger charge is 2.20. The number of rotatable bonds is 4. The molecule has 128 valence electrons. The van der Waals surface area contributed by atoms with E-state index in [0.717, 1.165) is 22.0 Å². The van der Waals surface area contributed by atoms with Crippen LogP contribution in [0.25, 0.3) is 10.9 Å². The molecule has 2 aromatic carbocycles. The normalized spacial score (nSPS) is 10.8. The van der Waals surface area contributed by atoms with Gasteiger partial charge in [0.2, 0.25) is 0 Å². The summed E-state index contributed by atoms with van der Waals surface area (Å²) in [5, 5.41) is 14.8. The lowest BCUT2D eigenvalue weighted by molar-refractivity contribution is -0.384. The molecule has 0 aliphatic rings. The molecule has 0 aliphatic carbocycles. The number of nitrogens with one attached hydrogen (secondary N) is 1. The van der Waals surface area contributed by atoms with Gasteiger partial charge < -0.3 is 9.88 Å². The Kier molecular flexibility index (Phi) is 4.27.